The Hall–Kier alpha value is -2.39. The van der Waals surface area contributed by atoms with Crippen LogP contribution in [0.2, 0.25) is 0 Å². The van der Waals surface area contributed by atoms with Crippen molar-refractivity contribution in [2.75, 3.05) is 32.8 Å². The molecule has 1 aliphatic heterocycles. The fraction of sp³-hybridized carbons (Fsp3) is 0.611. The number of morpholine rings is 1. The number of rotatable bonds is 5. The van der Waals surface area contributed by atoms with E-state index in [1.54, 1.807) is 7.05 Å². The lowest BCUT2D eigenvalue weighted by molar-refractivity contribution is 0.0364. The molecule has 4 rings (SSSR count). The van der Waals surface area contributed by atoms with Crippen LogP contribution in [0.5, 0.6) is 0 Å². The molecular formula is C18H26N6O3. The largest absolute Gasteiger partial charge is 0.379 e. The van der Waals surface area contributed by atoms with Crippen molar-refractivity contribution in [3.63, 3.8) is 0 Å². The molecular weight excluding hydrogens is 348 g/mol. The summed E-state index contributed by atoms with van der Waals surface area (Å²) < 4.78 is 12.1. The molecule has 0 spiro atoms. The van der Waals surface area contributed by atoms with Gasteiger partial charge in [-0.2, -0.15) is 4.98 Å². The van der Waals surface area contributed by atoms with Crippen molar-refractivity contribution in [3.8, 4) is 0 Å². The van der Waals surface area contributed by atoms with Crippen LogP contribution < -0.4 is 11.2 Å². The summed E-state index contributed by atoms with van der Waals surface area (Å²) in [5.41, 5.74) is 1.36. The molecule has 0 amide bonds. The summed E-state index contributed by atoms with van der Waals surface area (Å²) in [4.78, 5) is 32.5. The second-order valence-corrected chi connectivity index (χ2v) is 7.13. The number of imidazole rings is 2. The molecule has 1 aliphatic rings. The number of fused-ring (bicyclic) bond motifs is 3. The minimum atomic E-state index is -0.313. The van der Waals surface area contributed by atoms with Gasteiger partial charge in [0.25, 0.3) is 5.56 Å². The molecule has 27 heavy (non-hydrogen) atoms. The molecule has 146 valence electrons. The molecule has 0 radical (unpaired) electrons. The zero-order valence-electron chi connectivity index (χ0n) is 16.1. The van der Waals surface area contributed by atoms with E-state index >= 15 is 0 Å². The zero-order chi connectivity index (χ0) is 19.1. The third-order valence-corrected chi connectivity index (χ3v) is 5.33. The number of aryl methyl sites for hydroxylation is 2. The Kier molecular flexibility index (Phi) is 4.65. The molecule has 1 saturated heterocycles. The number of hydrogen-bond donors (Lipinski definition) is 0. The quantitative estimate of drug-likeness (QED) is 0.638. The van der Waals surface area contributed by atoms with Gasteiger partial charge in [-0.15, -0.1) is 0 Å². The number of hydrogen-bond acceptors (Lipinski definition) is 5. The molecule has 3 aromatic heterocycles. The first kappa shape index (κ1) is 18.0. The van der Waals surface area contributed by atoms with Crippen molar-refractivity contribution < 1.29 is 4.74 Å². The lowest BCUT2D eigenvalue weighted by atomic mass is 10.4. The third-order valence-electron chi connectivity index (χ3n) is 5.33. The van der Waals surface area contributed by atoms with Crippen molar-refractivity contribution in [1.82, 2.24) is 28.0 Å². The van der Waals surface area contributed by atoms with E-state index in [2.05, 4.69) is 14.5 Å². The van der Waals surface area contributed by atoms with Crippen LogP contribution in [0.3, 0.4) is 0 Å². The summed E-state index contributed by atoms with van der Waals surface area (Å²) >= 11 is 0. The highest BCUT2D eigenvalue weighted by molar-refractivity contribution is 5.75. The van der Waals surface area contributed by atoms with Crippen LogP contribution in [0.4, 0.5) is 0 Å². The summed E-state index contributed by atoms with van der Waals surface area (Å²) in [6.45, 7) is 9.47. The van der Waals surface area contributed by atoms with Gasteiger partial charge in [-0.05, 0) is 13.3 Å². The first-order chi connectivity index (χ1) is 13.0. The van der Waals surface area contributed by atoms with E-state index in [0.29, 0.717) is 23.5 Å². The minimum absolute atomic E-state index is 0.271. The molecule has 0 saturated carbocycles. The maximum atomic E-state index is 12.9. The molecule has 9 nitrogen and oxygen atoms in total. The maximum absolute atomic E-state index is 12.9. The summed E-state index contributed by atoms with van der Waals surface area (Å²) in [5, 5.41) is 0. The normalized spacial score (nSPS) is 16.0. The van der Waals surface area contributed by atoms with Gasteiger partial charge in [-0.3, -0.25) is 23.2 Å². The highest BCUT2D eigenvalue weighted by atomic mass is 16.5. The smallest absolute Gasteiger partial charge is 0.332 e. The van der Waals surface area contributed by atoms with E-state index < -0.39 is 0 Å². The Balaban J connectivity index is 1.81. The molecule has 3 aromatic rings. The molecule has 0 atom stereocenters. The van der Waals surface area contributed by atoms with Gasteiger partial charge in [-0.25, -0.2) is 4.79 Å². The Morgan fingerprint density at radius 2 is 1.85 bits per heavy atom. The fourth-order valence-corrected chi connectivity index (χ4v) is 3.82. The van der Waals surface area contributed by atoms with Crippen LogP contribution in [0.1, 0.15) is 19.0 Å². The van der Waals surface area contributed by atoms with Crippen molar-refractivity contribution >= 4 is 16.9 Å². The maximum Gasteiger partial charge on any atom is 0.332 e. The van der Waals surface area contributed by atoms with Gasteiger partial charge in [0.1, 0.15) is 0 Å². The van der Waals surface area contributed by atoms with Crippen LogP contribution in [-0.2, 0) is 24.9 Å². The van der Waals surface area contributed by atoms with Gasteiger partial charge in [0.2, 0.25) is 5.78 Å². The highest BCUT2D eigenvalue weighted by Crippen LogP contribution is 2.16. The van der Waals surface area contributed by atoms with Crippen LogP contribution in [0.25, 0.3) is 16.9 Å². The molecule has 9 heteroatoms. The highest BCUT2D eigenvalue weighted by Gasteiger charge is 2.20. The average Bonchev–Trinajstić information content (AvgIpc) is 3.17. The van der Waals surface area contributed by atoms with E-state index in [0.717, 1.165) is 51.5 Å². The van der Waals surface area contributed by atoms with Gasteiger partial charge in [-0.1, -0.05) is 6.92 Å². The standard InChI is InChI=1S/C18H26N6O3/c1-4-5-23-16(25)14-15(20(3)18(23)26)19-17-22(13(2)12-24(14)17)7-6-21-8-10-27-11-9-21/h12H,4-11H2,1-3H3. The molecule has 0 N–H and O–H groups in total. The van der Waals surface area contributed by atoms with Gasteiger partial charge < -0.3 is 9.30 Å². The van der Waals surface area contributed by atoms with Crippen LogP contribution in [0, 0.1) is 6.92 Å². The molecule has 1 fully saturated rings. The summed E-state index contributed by atoms with van der Waals surface area (Å²) in [7, 11) is 1.67. The summed E-state index contributed by atoms with van der Waals surface area (Å²) in [6.07, 6.45) is 2.66. The van der Waals surface area contributed by atoms with E-state index in [1.165, 1.54) is 9.13 Å². The van der Waals surface area contributed by atoms with Gasteiger partial charge in [0.15, 0.2) is 11.2 Å². The number of ether oxygens (including phenoxy) is 1. The monoisotopic (exact) mass is 374 g/mol. The lowest BCUT2D eigenvalue weighted by Gasteiger charge is -2.26. The average molecular weight is 374 g/mol. The van der Waals surface area contributed by atoms with Crippen LogP contribution in [-0.4, -0.2) is 60.8 Å². The van der Waals surface area contributed by atoms with Crippen molar-refractivity contribution in [3.05, 3.63) is 32.7 Å². The van der Waals surface area contributed by atoms with E-state index in [4.69, 9.17) is 4.74 Å². The summed E-state index contributed by atoms with van der Waals surface area (Å²) in [6, 6.07) is 0. The molecule has 0 aromatic carbocycles. The van der Waals surface area contributed by atoms with Gasteiger partial charge in [0.05, 0.1) is 13.2 Å². The Labute approximate surface area is 156 Å². The van der Waals surface area contributed by atoms with E-state index in [9.17, 15) is 9.59 Å². The van der Waals surface area contributed by atoms with Crippen LogP contribution >= 0.6 is 0 Å². The van der Waals surface area contributed by atoms with Crippen molar-refractivity contribution in [2.45, 2.75) is 33.4 Å². The van der Waals surface area contributed by atoms with Crippen molar-refractivity contribution in [1.29, 1.82) is 0 Å². The SMILES string of the molecule is CCCn1c(=O)c2c(nc3n(CCN4CCOCC4)c(C)cn23)n(C)c1=O. The molecule has 0 aliphatic carbocycles. The lowest BCUT2D eigenvalue weighted by Crippen LogP contribution is -2.39. The first-order valence-electron chi connectivity index (χ1n) is 9.50. The van der Waals surface area contributed by atoms with Crippen molar-refractivity contribution in [2.24, 2.45) is 7.05 Å². The zero-order valence-corrected chi connectivity index (χ0v) is 16.1. The molecule has 0 bridgehead atoms. The summed E-state index contributed by atoms with van der Waals surface area (Å²) in [5.74, 6) is 0.706. The first-order valence-corrected chi connectivity index (χ1v) is 9.50. The molecule has 0 unspecified atom stereocenters. The van der Waals surface area contributed by atoms with Gasteiger partial charge >= 0.3 is 5.69 Å². The Bertz CT molecular complexity index is 1100. The number of aromatic nitrogens is 5. The predicted octanol–water partition coefficient (Wildman–Crippen LogP) is 0.200. The predicted molar refractivity (Wildman–Crippen MR) is 102 cm³/mol. The Morgan fingerprint density at radius 3 is 2.56 bits per heavy atom. The third kappa shape index (κ3) is 2.90. The minimum Gasteiger partial charge on any atom is -0.379 e. The second kappa shape index (κ2) is 6.97. The van der Waals surface area contributed by atoms with E-state index in [-0.39, 0.29) is 11.2 Å². The van der Waals surface area contributed by atoms with Crippen LogP contribution in [0.15, 0.2) is 15.8 Å². The Morgan fingerprint density at radius 1 is 1.11 bits per heavy atom. The fourth-order valence-electron chi connectivity index (χ4n) is 3.82. The second-order valence-electron chi connectivity index (χ2n) is 7.13. The molecule has 4 heterocycles. The van der Waals surface area contributed by atoms with Gasteiger partial charge in [0, 0.05) is 51.7 Å². The number of nitrogens with zero attached hydrogens (tertiary/aromatic N) is 6. The van der Waals surface area contributed by atoms with E-state index in [1.807, 2.05) is 24.4 Å². The topological polar surface area (TPSA) is 78.7 Å².